The molecular weight excluding hydrogens is 260 g/mol. The maximum absolute atomic E-state index is 10.8. The summed E-state index contributed by atoms with van der Waals surface area (Å²) in [6, 6.07) is 5.45. The Bertz CT molecular complexity index is 420. The summed E-state index contributed by atoms with van der Waals surface area (Å²) in [6.07, 6.45) is 2.62. The van der Waals surface area contributed by atoms with Crippen LogP contribution in [0.3, 0.4) is 0 Å². The molecule has 0 unspecified atom stereocenters. The minimum Gasteiger partial charge on any atom is -0.493 e. The molecule has 5 heteroatoms. The molecule has 1 aromatic carbocycles. The molecule has 0 saturated carbocycles. The molecule has 110 valence electrons. The summed E-state index contributed by atoms with van der Waals surface area (Å²) < 4.78 is 21.0. The predicted molar refractivity (Wildman–Crippen MR) is 75.4 cm³/mol. The Balaban J connectivity index is 2.38. The second-order valence-corrected chi connectivity index (χ2v) is 3.92. The van der Waals surface area contributed by atoms with E-state index >= 15 is 0 Å². The van der Waals surface area contributed by atoms with Gasteiger partial charge in [0.1, 0.15) is 0 Å². The molecule has 0 aliphatic heterocycles. The van der Waals surface area contributed by atoms with Gasteiger partial charge in [-0.05, 0) is 25.0 Å². The molecule has 0 radical (unpaired) electrons. The van der Waals surface area contributed by atoms with E-state index in [9.17, 15) is 4.79 Å². The molecule has 0 spiro atoms. The summed E-state index contributed by atoms with van der Waals surface area (Å²) in [5.74, 6) is 1.43. The van der Waals surface area contributed by atoms with Gasteiger partial charge < -0.3 is 18.9 Å². The Hall–Kier alpha value is -2.17. The molecule has 0 aromatic heterocycles. The number of carbonyl (C=O) groups is 1. The van der Waals surface area contributed by atoms with Crippen LogP contribution in [0.2, 0.25) is 0 Å². The third-order valence-corrected chi connectivity index (χ3v) is 2.58. The lowest BCUT2D eigenvalue weighted by Crippen LogP contribution is -2.05. The topological polar surface area (TPSA) is 54.0 Å². The zero-order chi connectivity index (χ0) is 14.8. The summed E-state index contributed by atoms with van der Waals surface area (Å²) in [7, 11) is 3.16. The van der Waals surface area contributed by atoms with E-state index in [-0.39, 0.29) is 0 Å². The summed E-state index contributed by atoms with van der Waals surface area (Å²) in [5.41, 5.74) is 0. The maximum atomic E-state index is 10.8. The Morgan fingerprint density at radius 1 is 1.15 bits per heavy atom. The van der Waals surface area contributed by atoms with Crippen molar-refractivity contribution >= 4 is 5.97 Å². The molecule has 0 N–H and O–H groups in total. The van der Waals surface area contributed by atoms with Crippen molar-refractivity contribution in [2.75, 3.05) is 27.4 Å². The number of benzene rings is 1. The van der Waals surface area contributed by atoms with Crippen LogP contribution in [-0.2, 0) is 9.53 Å². The first-order valence-corrected chi connectivity index (χ1v) is 6.36. The van der Waals surface area contributed by atoms with Crippen molar-refractivity contribution in [2.45, 2.75) is 12.8 Å². The molecular formula is C15H20O5. The minimum atomic E-state index is -0.405. The third-order valence-electron chi connectivity index (χ3n) is 2.58. The zero-order valence-corrected chi connectivity index (χ0v) is 11.9. The highest BCUT2D eigenvalue weighted by molar-refractivity contribution is 5.81. The number of unbranched alkanes of at least 4 members (excludes halogenated alkanes) is 1. The summed E-state index contributed by atoms with van der Waals surface area (Å²) in [6.45, 7) is 4.17. The molecule has 0 heterocycles. The van der Waals surface area contributed by atoms with E-state index < -0.39 is 5.97 Å². The van der Waals surface area contributed by atoms with Gasteiger partial charge in [-0.1, -0.05) is 12.6 Å². The van der Waals surface area contributed by atoms with Crippen LogP contribution < -0.4 is 14.2 Å². The number of rotatable bonds is 9. The Morgan fingerprint density at radius 3 is 2.30 bits per heavy atom. The zero-order valence-electron chi connectivity index (χ0n) is 11.9. The van der Waals surface area contributed by atoms with Crippen molar-refractivity contribution in [3.63, 3.8) is 0 Å². The Kier molecular flexibility index (Phi) is 7.03. The maximum Gasteiger partial charge on any atom is 0.330 e. The first-order valence-electron chi connectivity index (χ1n) is 6.36. The standard InChI is InChI=1S/C15H20O5/c1-4-14(16)19-10-5-6-11-20-15-12(17-2)8-7-9-13(15)18-3/h4,7-9H,1,5-6,10-11H2,2-3H3. The van der Waals surface area contributed by atoms with E-state index in [0.29, 0.717) is 30.5 Å². The van der Waals surface area contributed by atoms with E-state index in [1.807, 2.05) is 18.2 Å². The molecule has 1 rings (SSSR count). The molecule has 0 bridgehead atoms. The average molecular weight is 280 g/mol. The quantitative estimate of drug-likeness (QED) is 0.395. The highest BCUT2D eigenvalue weighted by atomic mass is 16.5. The monoisotopic (exact) mass is 280 g/mol. The van der Waals surface area contributed by atoms with Crippen LogP contribution in [0.5, 0.6) is 17.2 Å². The van der Waals surface area contributed by atoms with Gasteiger partial charge in [0.25, 0.3) is 0 Å². The largest absolute Gasteiger partial charge is 0.493 e. The number of esters is 1. The Labute approximate surface area is 119 Å². The SMILES string of the molecule is C=CC(=O)OCCCCOc1c(OC)cccc1OC. The van der Waals surface area contributed by atoms with Crippen molar-refractivity contribution < 1.29 is 23.7 Å². The van der Waals surface area contributed by atoms with Crippen LogP contribution in [0, 0.1) is 0 Å². The lowest BCUT2D eigenvalue weighted by molar-refractivity contribution is -0.137. The van der Waals surface area contributed by atoms with Gasteiger partial charge in [-0.3, -0.25) is 0 Å². The number of hydrogen-bond acceptors (Lipinski definition) is 5. The van der Waals surface area contributed by atoms with Crippen molar-refractivity contribution in [1.29, 1.82) is 0 Å². The first kappa shape index (κ1) is 15.9. The van der Waals surface area contributed by atoms with Crippen molar-refractivity contribution in [3.05, 3.63) is 30.9 Å². The van der Waals surface area contributed by atoms with Gasteiger partial charge in [0.2, 0.25) is 5.75 Å². The third kappa shape index (κ3) is 4.84. The first-order chi connectivity index (χ1) is 9.72. The van der Waals surface area contributed by atoms with Crippen LogP contribution in [0.1, 0.15) is 12.8 Å². The van der Waals surface area contributed by atoms with E-state index in [4.69, 9.17) is 18.9 Å². The lowest BCUT2D eigenvalue weighted by atomic mass is 10.3. The fourth-order valence-corrected chi connectivity index (χ4v) is 1.57. The average Bonchev–Trinajstić information content (AvgIpc) is 2.49. The van der Waals surface area contributed by atoms with Crippen LogP contribution in [0.4, 0.5) is 0 Å². The second kappa shape index (κ2) is 8.85. The highest BCUT2D eigenvalue weighted by Crippen LogP contribution is 2.36. The van der Waals surface area contributed by atoms with Gasteiger partial charge in [0.15, 0.2) is 11.5 Å². The molecule has 0 fully saturated rings. The van der Waals surface area contributed by atoms with Crippen LogP contribution in [0.15, 0.2) is 30.9 Å². The summed E-state index contributed by atoms with van der Waals surface area (Å²) >= 11 is 0. The molecule has 20 heavy (non-hydrogen) atoms. The highest BCUT2D eigenvalue weighted by Gasteiger charge is 2.10. The molecule has 5 nitrogen and oxygen atoms in total. The van der Waals surface area contributed by atoms with Gasteiger partial charge in [0.05, 0.1) is 27.4 Å². The van der Waals surface area contributed by atoms with Crippen molar-refractivity contribution in [2.24, 2.45) is 0 Å². The minimum absolute atomic E-state index is 0.358. The number of methoxy groups -OCH3 is 2. The van der Waals surface area contributed by atoms with Crippen molar-refractivity contribution in [3.8, 4) is 17.2 Å². The van der Waals surface area contributed by atoms with Crippen LogP contribution in [0.25, 0.3) is 0 Å². The molecule has 0 aliphatic carbocycles. The molecule has 0 amide bonds. The fraction of sp³-hybridized carbons (Fsp3) is 0.400. The van der Waals surface area contributed by atoms with Gasteiger partial charge in [-0.2, -0.15) is 0 Å². The Morgan fingerprint density at radius 2 is 1.75 bits per heavy atom. The van der Waals surface area contributed by atoms with Crippen molar-refractivity contribution in [1.82, 2.24) is 0 Å². The lowest BCUT2D eigenvalue weighted by Gasteiger charge is -2.13. The molecule has 1 aromatic rings. The normalized spacial score (nSPS) is 9.70. The summed E-state index contributed by atoms with van der Waals surface area (Å²) in [5, 5.41) is 0. The van der Waals surface area contributed by atoms with Gasteiger partial charge in [0, 0.05) is 6.08 Å². The number of para-hydroxylation sites is 1. The van der Waals surface area contributed by atoms with E-state index in [2.05, 4.69) is 6.58 Å². The van der Waals surface area contributed by atoms with Gasteiger partial charge in [-0.25, -0.2) is 4.79 Å². The number of carbonyl (C=O) groups excluding carboxylic acids is 1. The molecule has 0 saturated heterocycles. The van der Waals surface area contributed by atoms with Crippen LogP contribution in [-0.4, -0.2) is 33.4 Å². The smallest absolute Gasteiger partial charge is 0.330 e. The van der Waals surface area contributed by atoms with Gasteiger partial charge >= 0.3 is 5.97 Å². The van der Waals surface area contributed by atoms with E-state index in [0.717, 1.165) is 18.9 Å². The molecule has 0 aliphatic rings. The summed E-state index contributed by atoms with van der Waals surface area (Å²) in [4.78, 5) is 10.8. The second-order valence-electron chi connectivity index (χ2n) is 3.92. The van der Waals surface area contributed by atoms with Gasteiger partial charge in [-0.15, -0.1) is 0 Å². The van der Waals surface area contributed by atoms with E-state index in [1.165, 1.54) is 0 Å². The predicted octanol–water partition coefficient (Wildman–Crippen LogP) is 2.59. The van der Waals surface area contributed by atoms with E-state index in [1.54, 1.807) is 14.2 Å². The fourth-order valence-electron chi connectivity index (χ4n) is 1.57. The van der Waals surface area contributed by atoms with Crippen LogP contribution >= 0.6 is 0 Å². The number of ether oxygens (including phenoxy) is 4. The molecule has 0 atom stereocenters. The number of hydrogen-bond donors (Lipinski definition) is 0.